The van der Waals surface area contributed by atoms with Crippen molar-refractivity contribution < 1.29 is 36.3 Å². The molecule has 0 unspecified atom stereocenters. The minimum atomic E-state index is -5.08. The van der Waals surface area contributed by atoms with E-state index in [2.05, 4.69) is 10.6 Å². The van der Waals surface area contributed by atoms with Gasteiger partial charge in [-0.25, -0.2) is 13.2 Å². The number of sulfone groups is 1. The first-order valence-corrected chi connectivity index (χ1v) is 13.0. The number of hydrogen-bond donors (Lipinski definition) is 5. The van der Waals surface area contributed by atoms with Gasteiger partial charge in [-0.05, 0) is 49.7 Å². The molecule has 0 atom stereocenters. The molecule has 0 bridgehead atoms. The van der Waals surface area contributed by atoms with Crippen LogP contribution in [0.4, 0.5) is 24.5 Å². The van der Waals surface area contributed by atoms with Crippen LogP contribution in [-0.2, 0) is 19.4 Å². The molecule has 9 nitrogen and oxygen atoms in total. The highest BCUT2D eigenvalue weighted by Crippen LogP contribution is 2.28. The molecule has 0 spiro atoms. The van der Waals surface area contributed by atoms with E-state index >= 15 is 0 Å². The Bertz CT molecular complexity index is 1470. The number of rotatable bonds is 7. The van der Waals surface area contributed by atoms with Crippen molar-refractivity contribution in [1.82, 2.24) is 0 Å². The molecule has 0 radical (unpaired) electrons. The number of benzene rings is 3. The van der Waals surface area contributed by atoms with Crippen LogP contribution in [0.5, 0.6) is 0 Å². The molecule has 0 aliphatic rings. The zero-order valence-electron chi connectivity index (χ0n) is 21.1. The summed E-state index contributed by atoms with van der Waals surface area (Å²) in [6.45, 7) is 3.50. The number of amides is 1. The fourth-order valence-corrected chi connectivity index (χ4v) is 4.14. The van der Waals surface area contributed by atoms with Gasteiger partial charge in [0.15, 0.2) is 9.84 Å². The van der Waals surface area contributed by atoms with Gasteiger partial charge in [-0.1, -0.05) is 42.5 Å². The number of carbonyl (C=O) groups is 2. The second-order valence-corrected chi connectivity index (χ2v) is 10.8. The highest BCUT2D eigenvalue weighted by molar-refractivity contribution is 7.90. The average molecular weight is 565 g/mol. The van der Waals surface area contributed by atoms with Crippen molar-refractivity contribution in [2.75, 3.05) is 16.9 Å². The van der Waals surface area contributed by atoms with Crippen LogP contribution in [0.2, 0.25) is 0 Å². The van der Waals surface area contributed by atoms with Crippen LogP contribution < -0.4 is 16.4 Å². The predicted molar refractivity (Wildman–Crippen MR) is 142 cm³/mol. The smallest absolute Gasteiger partial charge is 0.475 e. The van der Waals surface area contributed by atoms with E-state index in [0.717, 1.165) is 5.56 Å². The van der Waals surface area contributed by atoms with Crippen molar-refractivity contribution in [3.05, 3.63) is 78.4 Å². The van der Waals surface area contributed by atoms with Crippen molar-refractivity contribution in [3.63, 3.8) is 0 Å². The summed E-state index contributed by atoms with van der Waals surface area (Å²) in [5.41, 5.74) is 7.76. The maximum absolute atomic E-state index is 12.9. The molecule has 13 heteroatoms. The van der Waals surface area contributed by atoms with Crippen molar-refractivity contribution >= 4 is 38.9 Å². The molecule has 0 fully saturated rings. The number of nitrogens with one attached hydrogen (secondary N) is 3. The Morgan fingerprint density at radius 1 is 0.923 bits per heavy atom. The van der Waals surface area contributed by atoms with Crippen LogP contribution in [0.1, 0.15) is 19.4 Å². The highest BCUT2D eigenvalue weighted by Gasteiger charge is 2.38. The molecule has 3 rings (SSSR count). The molecular weight excluding hydrogens is 537 g/mol. The minimum Gasteiger partial charge on any atom is -0.475 e. The third kappa shape index (κ3) is 8.85. The van der Waals surface area contributed by atoms with Crippen LogP contribution in [0.25, 0.3) is 11.1 Å². The van der Waals surface area contributed by atoms with Gasteiger partial charge in [-0.15, -0.1) is 0 Å². The van der Waals surface area contributed by atoms with E-state index in [1.54, 1.807) is 86.6 Å². The van der Waals surface area contributed by atoms with Gasteiger partial charge < -0.3 is 21.5 Å². The van der Waals surface area contributed by atoms with E-state index in [4.69, 9.17) is 21.0 Å². The van der Waals surface area contributed by atoms with Crippen molar-refractivity contribution in [1.29, 1.82) is 5.41 Å². The van der Waals surface area contributed by atoms with Crippen molar-refractivity contribution in [2.24, 2.45) is 5.73 Å². The average Bonchev–Trinajstić information content (AvgIpc) is 2.83. The number of carboxylic acids is 1. The summed E-state index contributed by atoms with van der Waals surface area (Å²) < 4.78 is 55.9. The fraction of sp³-hybridized carbons (Fsp3) is 0.192. The number of aliphatic carboxylic acids is 1. The van der Waals surface area contributed by atoms with Crippen LogP contribution >= 0.6 is 0 Å². The summed E-state index contributed by atoms with van der Waals surface area (Å²) in [4.78, 5) is 22.0. The fourth-order valence-electron chi connectivity index (χ4n) is 3.23. The molecule has 0 saturated carbocycles. The Morgan fingerprint density at radius 2 is 1.49 bits per heavy atom. The molecule has 1 amide bonds. The third-order valence-electron chi connectivity index (χ3n) is 5.18. The number of halogens is 3. The third-order valence-corrected chi connectivity index (χ3v) is 6.34. The van der Waals surface area contributed by atoms with Crippen molar-refractivity contribution in [3.8, 4) is 11.1 Å². The molecular formula is C26H27F3N4O5S. The maximum atomic E-state index is 12.9. The second-order valence-electron chi connectivity index (χ2n) is 8.85. The maximum Gasteiger partial charge on any atom is 0.490 e. The Balaban J connectivity index is 0.000000673. The van der Waals surface area contributed by atoms with Gasteiger partial charge in [0.25, 0.3) is 0 Å². The van der Waals surface area contributed by atoms with E-state index in [9.17, 15) is 26.4 Å². The molecule has 0 heterocycles. The topological polar surface area (TPSA) is 162 Å². The number of nitrogens with two attached hydrogens (primary N) is 1. The first kappa shape index (κ1) is 30.8. The van der Waals surface area contributed by atoms with Gasteiger partial charge in [0.05, 0.1) is 4.90 Å². The lowest BCUT2D eigenvalue weighted by Gasteiger charge is -2.26. The van der Waals surface area contributed by atoms with Crippen molar-refractivity contribution in [2.45, 2.75) is 30.5 Å². The summed E-state index contributed by atoms with van der Waals surface area (Å²) in [5, 5.41) is 20.7. The van der Waals surface area contributed by atoms with E-state index < -0.39 is 27.5 Å². The number of amidine groups is 1. The number of carbonyl (C=O) groups excluding carboxylic acids is 1. The summed E-state index contributed by atoms with van der Waals surface area (Å²) in [6.07, 6.45) is -3.90. The van der Waals surface area contributed by atoms with E-state index in [1.807, 2.05) is 0 Å². The highest BCUT2D eigenvalue weighted by atomic mass is 32.2. The number of anilines is 2. The van der Waals surface area contributed by atoms with E-state index in [-0.39, 0.29) is 16.6 Å². The van der Waals surface area contributed by atoms with Gasteiger partial charge in [0.1, 0.15) is 11.4 Å². The Labute approximate surface area is 223 Å². The number of hydrogen-bond acceptors (Lipinski definition) is 6. The normalized spacial score (nSPS) is 11.5. The Kier molecular flexibility index (Phi) is 9.47. The zero-order chi connectivity index (χ0) is 29.6. The molecule has 3 aromatic carbocycles. The lowest BCUT2D eigenvalue weighted by molar-refractivity contribution is -0.192. The second kappa shape index (κ2) is 12.0. The SMILES string of the molecule is CC(C)(Nc1cccc(C(=N)N)c1)C(=O)Nc1ccc(-c2ccccc2S(C)(=O)=O)cc1.O=C(O)C(F)(F)F. The Morgan fingerprint density at radius 3 is 2.00 bits per heavy atom. The molecule has 3 aromatic rings. The van der Waals surface area contributed by atoms with E-state index in [1.165, 1.54) is 6.26 Å². The van der Waals surface area contributed by atoms with Crippen LogP contribution in [-0.4, -0.2) is 49.2 Å². The molecule has 0 aromatic heterocycles. The monoisotopic (exact) mass is 564 g/mol. The largest absolute Gasteiger partial charge is 0.490 e. The van der Waals surface area contributed by atoms with Gasteiger partial charge in [0.2, 0.25) is 5.91 Å². The summed E-state index contributed by atoms with van der Waals surface area (Å²) in [5.74, 6) is -3.06. The first-order chi connectivity index (χ1) is 17.9. The van der Waals surface area contributed by atoms with E-state index in [0.29, 0.717) is 22.5 Å². The molecule has 39 heavy (non-hydrogen) atoms. The molecule has 208 valence electrons. The van der Waals surface area contributed by atoms with Gasteiger partial charge in [-0.2, -0.15) is 13.2 Å². The first-order valence-electron chi connectivity index (χ1n) is 11.2. The lowest BCUT2D eigenvalue weighted by Crippen LogP contribution is -2.44. The number of nitrogen functional groups attached to an aromatic ring is 1. The van der Waals surface area contributed by atoms with Crippen LogP contribution in [0, 0.1) is 5.41 Å². The van der Waals surface area contributed by atoms with Gasteiger partial charge in [-0.3, -0.25) is 10.2 Å². The van der Waals surface area contributed by atoms with Gasteiger partial charge in [0, 0.05) is 28.8 Å². The summed E-state index contributed by atoms with van der Waals surface area (Å²) >= 11 is 0. The molecule has 0 aliphatic carbocycles. The van der Waals surface area contributed by atoms with Crippen LogP contribution in [0.15, 0.2) is 77.7 Å². The number of carboxylic acid groups (broad SMARTS) is 1. The predicted octanol–water partition coefficient (Wildman–Crippen LogP) is 4.50. The lowest BCUT2D eigenvalue weighted by atomic mass is 10.0. The molecule has 0 aliphatic heterocycles. The zero-order valence-corrected chi connectivity index (χ0v) is 21.9. The minimum absolute atomic E-state index is 0.0477. The summed E-state index contributed by atoms with van der Waals surface area (Å²) in [7, 11) is -3.37. The quantitative estimate of drug-likeness (QED) is 0.208. The standard InChI is InChI=1S/C24H26N4O3S.C2HF3O2/c1-24(2,28-19-8-6-7-17(15-19)22(25)26)23(29)27-18-13-11-16(12-14-18)20-9-4-5-10-21(20)32(3,30)31;3-2(4,5)1(6)7/h4-15,28H,1-3H3,(H3,25,26)(H,27,29);(H,6,7). The summed E-state index contributed by atoms with van der Waals surface area (Å²) in [6, 6.07) is 20.8. The van der Waals surface area contributed by atoms with Crippen LogP contribution in [0.3, 0.4) is 0 Å². The van der Waals surface area contributed by atoms with Gasteiger partial charge >= 0.3 is 12.1 Å². The number of alkyl halides is 3. The molecule has 6 N–H and O–H groups in total. The molecule has 0 saturated heterocycles. The Hall–Kier alpha value is -4.39.